The minimum absolute atomic E-state index is 0.0382. The van der Waals surface area contributed by atoms with Crippen LogP contribution in [-0.4, -0.2) is 17.2 Å². The Morgan fingerprint density at radius 2 is 1.81 bits per heavy atom. The first-order valence-electron chi connectivity index (χ1n) is 5.47. The molecule has 1 rings (SSSR count). The Labute approximate surface area is 106 Å². The predicted molar refractivity (Wildman–Crippen MR) is 70.1 cm³/mol. The van der Waals surface area contributed by atoms with Crippen LogP contribution in [0.3, 0.4) is 0 Å². The van der Waals surface area contributed by atoms with E-state index in [-0.39, 0.29) is 10.6 Å². The van der Waals surface area contributed by atoms with E-state index in [9.17, 15) is 0 Å². The van der Waals surface area contributed by atoms with Gasteiger partial charge >= 0.3 is 0 Å². The average Bonchev–Trinajstić information content (AvgIpc) is 2.16. The molecule has 16 heavy (non-hydrogen) atoms. The smallest absolute Gasteiger partial charge is 0.119 e. The van der Waals surface area contributed by atoms with Crippen molar-refractivity contribution in [1.29, 1.82) is 0 Å². The fraction of sp³-hybridized carbons (Fsp3) is 0.538. The molecule has 0 aliphatic heterocycles. The second-order valence-electron chi connectivity index (χ2n) is 4.59. The summed E-state index contributed by atoms with van der Waals surface area (Å²) in [4.78, 5) is 0. The van der Waals surface area contributed by atoms with Crippen molar-refractivity contribution in [2.45, 2.75) is 37.8 Å². The van der Waals surface area contributed by atoms with Crippen molar-refractivity contribution >= 4 is 15.9 Å². The minimum atomic E-state index is -0.124. The molecule has 1 unspecified atom stereocenters. The Bertz CT molecular complexity index is 293. The van der Waals surface area contributed by atoms with Crippen molar-refractivity contribution in [3.63, 3.8) is 0 Å². The third kappa shape index (κ3) is 6.13. The van der Waals surface area contributed by atoms with E-state index in [0.717, 1.165) is 12.2 Å². The highest BCUT2D eigenvalue weighted by Gasteiger charge is 2.16. The Kier molecular flexibility index (Phi) is 5.29. The number of benzene rings is 1. The lowest BCUT2D eigenvalue weighted by molar-refractivity contribution is -0.0223. The minimum Gasteiger partial charge on any atom is -0.493 e. The standard InChI is InChI=1S/C13H19BrO2/c1-13(2,3)16-12(14)9-10-15-11-7-5-4-6-8-11/h4-8,12H,9-10H2,1-3H3. The van der Waals surface area contributed by atoms with Crippen LogP contribution < -0.4 is 4.74 Å². The first-order chi connectivity index (χ1) is 7.47. The third-order valence-electron chi connectivity index (χ3n) is 1.84. The van der Waals surface area contributed by atoms with Crippen molar-refractivity contribution in [3.05, 3.63) is 30.3 Å². The summed E-state index contributed by atoms with van der Waals surface area (Å²) in [6, 6.07) is 9.81. The summed E-state index contributed by atoms with van der Waals surface area (Å²) >= 11 is 3.48. The Balaban J connectivity index is 2.21. The molecule has 0 fully saturated rings. The van der Waals surface area contributed by atoms with Crippen LogP contribution in [0.15, 0.2) is 30.3 Å². The number of para-hydroxylation sites is 1. The molecule has 0 aliphatic rings. The van der Waals surface area contributed by atoms with Gasteiger partial charge in [0.2, 0.25) is 0 Å². The monoisotopic (exact) mass is 286 g/mol. The van der Waals surface area contributed by atoms with E-state index in [1.165, 1.54) is 0 Å². The average molecular weight is 287 g/mol. The van der Waals surface area contributed by atoms with Gasteiger partial charge in [0.1, 0.15) is 10.8 Å². The van der Waals surface area contributed by atoms with Crippen LogP contribution in [0, 0.1) is 0 Å². The van der Waals surface area contributed by atoms with Crippen molar-refractivity contribution < 1.29 is 9.47 Å². The summed E-state index contributed by atoms with van der Waals surface area (Å²) in [7, 11) is 0. The summed E-state index contributed by atoms with van der Waals surface area (Å²) in [5, 5.41) is 0.0382. The number of alkyl halides is 1. The maximum Gasteiger partial charge on any atom is 0.119 e. The maximum atomic E-state index is 5.71. The van der Waals surface area contributed by atoms with Gasteiger partial charge in [0.05, 0.1) is 12.2 Å². The zero-order valence-corrected chi connectivity index (χ0v) is 11.7. The van der Waals surface area contributed by atoms with E-state index in [4.69, 9.17) is 9.47 Å². The van der Waals surface area contributed by atoms with Gasteiger partial charge in [-0.3, -0.25) is 0 Å². The van der Waals surface area contributed by atoms with Crippen LogP contribution in [0.25, 0.3) is 0 Å². The molecular weight excluding hydrogens is 268 g/mol. The second kappa shape index (κ2) is 6.26. The van der Waals surface area contributed by atoms with Crippen LogP contribution in [0.4, 0.5) is 0 Å². The molecule has 0 N–H and O–H groups in total. The second-order valence-corrected chi connectivity index (χ2v) is 5.61. The summed E-state index contributed by atoms with van der Waals surface area (Å²) in [6.07, 6.45) is 0.826. The third-order valence-corrected chi connectivity index (χ3v) is 2.48. The summed E-state index contributed by atoms with van der Waals surface area (Å²) < 4.78 is 11.3. The molecule has 0 heterocycles. The quantitative estimate of drug-likeness (QED) is 0.762. The molecule has 1 aromatic carbocycles. The maximum absolute atomic E-state index is 5.71. The van der Waals surface area contributed by atoms with Gasteiger partial charge in [-0.25, -0.2) is 0 Å². The number of halogens is 1. The highest BCUT2D eigenvalue weighted by molar-refractivity contribution is 9.09. The van der Waals surface area contributed by atoms with Crippen LogP contribution in [0.5, 0.6) is 5.75 Å². The van der Waals surface area contributed by atoms with Crippen LogP contribution in [0.1, 0.15) is 27.2 Å². The van der Waals surface area contributed by atoms with Gasteiger partial charge in [0.25, 0.3) is 0 Å². The van der Waals surface area contributed by atoms with Crippen molar-refractivity contribution in [2.75, 3.05) is 6.61 Å². The first kappa shape index (κ1) is 13.5. The Morgan fingerprint density at radius 3 is 2.38 bits per heavy atom. The SMILES string of the molecule is CC(C)(C)OC(Br)CCOc1ccccc1. The molecular formula is C13H19BrO2. The molecule has 0 radical (unpaired) electrons. The molecule has 0 aromatic heterocycles. The summed E-state index contributed by atoms with van der Waals surface area (Å²) in [5.74, 6) is 0.901. The van der Waals surface area contributed by atoms with Crippen molar-refractivity contribution in [1.82, 2.24) is 0 Å². The largest absolute Gasteiger partial charge is 0.493 e. The van der Waals surface area contributed by atoms with Crippen LogP contribution >= 0.6 is 15.9 Å². The topological polar surface area (TPSA) is 18.5 Å². The van der Waals surface area contributed by atoms with Crippen LogP contribution in [0.2, 0.25) is 0 Å². The van der Waals surface area contributed by atoms with Gasteiger partial charge in [0, 0.05) is 6.42 Å². The van der Waals surface area contributed by atoms with Crippen molar-refractivity contribution in [2.24, 2.45) is 0 Å². The number of hydrogen-bond donors (Lipinski definition) is 0. The molecule has 1 aromatic rings. The lowest BCUT2D eigenvalue weighted by Gasteiger charge is -2.23. The molecule has 0 spiro atoms. The van der Waals surface area contributed by atoms with E-state index < -0.39 is 0 Å². The van der Waals surface area contributed by atoms with Crippen molar-refractivity contribution in [3.8, 4) is 5.75 Å². The van der Waals surface area contributed by atoms with Gasteiger partial charge in [-0.2, -0.15) is 0 Å². The number of ether oxygens (including phenoxy) is 2. The zero-order valence-electron chi connectivity index (χ0n) is 10.1. The molecule has 0 aliphatic carbocycles. The van der Waals surface area contributed by atoms with E-state index in [2.05, 4.69) is 15.9 Å². The number of hydrogen-bond acceptors (Lipinski definition) is 2. The Hall–Kier alpha value is -0.540. The van der Waals surface area contributed by atoms with E-state index in [1.807, 2.05) is 51.1 Å². The molecule has 2 nitrogen and oxygen atoms in total. The summed E-state index contributed by atoms with van der Waals surface area (Å²) in [6.45, 7) is 6.77. The fourth-order valence-corrected chi connectivity index (χ4v) is 1.98. The van der Waals surface area contributed by atoms with Crippen LogP contribution in [-0.2, 0) is 4.74 Å². The van der Waals surface area contributed by atoms with Gasteiger partial charge in [-0.05, 0) is 32.9 Å². The van der Waals surface area contributed by atoms with E-state index >= 15 is 0 Å². The first-order valence-corrected chi connectivity index (χ1v) is 6.39. The molecule has 0 saturated carbocycles. The normalized spacial score (nSPS) is 13.5. The fourth-order valence-electron chi connectivity index (χ4n) is 1.23. The molecule has 1 atom stereocenters. The highest BCUT2D eigenvalue weighted by Crippen LogP contribution is 2.18. The number of rotatable bonds is 5. The van der Waals surface area contributed by atoms with Gasteiger partial charge in [-0.15, -0.1) is 0 Å². The molecule has 0 amide bonds. The Morgan fingerprint density at radius 1 is 1.19 bits per heavy atom. The highest BCUT2D eigenvalue weighted by atomic mass is 79.9. The van der Waals surface area contributed by atoms with Gasteiger partial charge in [0.15, 0.2) is 0 Å². The predicted octanol–water partition coefficient (Wildman–Crippen LogP) is 3.99. The lowest BCUT2D eigenvalue weighted by atomic mass is 10.2. The van der Waals surface area contributed by atoms with Gasteiger partial charge in [-0.1, -0.05) is 34.1 Å². The van der Waals surface area contributed by atoms with E-state index in [1.54, 1.807) is 0 Å². The lowest BCUT2D eigenvalue weighted by Crippen LogP contribution is -2.25. The molecule has 3 heteroatoms. The zero-order chi connectivity index (χ0) is 12.0. The molecule has 0 bridgehead atoms. The van der Waals surface area contributed by atoms with E-state index in [0.29, 0.717) is 6.61 Å². The molecule has 0 saturated heterocycles. The molecule has 90 valence electrons. The summed E-state index contributed by atoms with van der Waals surface area (Å²) in [5.41, 5.74) is -0.124. The van der Waals surface area contributed by atoms with Gasteiger partial charge < -0.3 is 9.47 Å².